The van der Waals surface area contributed by atoms with E-state index in [1.807, 2.05) is 42.5 Å². The van der Waals surface area contributed by atoms with Gasteiger partial charge in [0, 0.05) is 24.7 Å². The molecule has 26 heavy (non-hydrogen) atoms. The van der Waals surface area contributed by atoms with Crippen molar-refractivity contribution in [1.29, 1.82) is 0 Å². The van der Waals surface area contributed by atoms with Crippen LogP contribution >= 0.6 is 23.4 Å². The van der Waals surface area contributed by atoms with E-state index in [1.165, 1.54) is 16.4 Å². The Bertz CT molecular complexity index is 896. The molecule has 1 amide bonds. The second-order valence-electron chi connectivity index (χ2n) is 5.82. The molecule has 6 nitrogen and oxygen atoms in total. The van der Waals surface area contributed by atoms with Crippen LogP contribution in [-0.2, 0) is 4.79 Å². The number of nitrogen functional groups attached to an aromatic ring is 1. The lowest BCUT2D eigenvalue weighted by molar-refractivity contribution is -0.128. The summed E-state index contributed by atoms with van der Waals surface area (Å²) in [5.41, 5.74) is 1.68. The number of likely N-dealkylation sites (N-methyl/N-ethyl adjacent to an activating group) is 1. The molecule has 0 aliphatic rings. The van der Waals surface area contributed by atoms with Crippen LogP contribution in [0.3, 0.4) is 0 Å². The minimum absolute atomic E-state index is 0.0442. The molecular weight excluding hydrogens is 370 g/mol. The predicted molar refractivity (Wildman–Crippen MR) is 104 cm³/mol. The van der Waals surface area contributed by atoms with Crippen LogP contribution in [-0.4, -0.2) is 39.8 Å². The van der Waals surface area contributed by atoms with Crippen LogP contribution in [0.2, 0.25) is 5.02 Å². The number of benzene rings is 2. The number of aromatic nitrogens is 3. The first kappa shape index (κ1) is 18.3. The summed E-state index contributed by atoms with van der Waals surface area (Å²) in [6, 6.07) is 16.7. The van der Waals surface area contributed by atoms with Gasteiger partial charge in [-0.05, 0) is 29.8 Å². The fourth-order valence-electron chi connectivity index (χ4n) is 2.38. The van der Waals surface area contributed by atoms with Crippen molar-refractivity contribution < 1.29 is 4.79 Å². The lowest BCUT2D eigenvalue weighted by Crippen LogP contribution is -2.27. The normalized spacial score (nSPS) is 12.0. The highest BCUT2D eigenvalue weighted by Crippen LogP contribution is 2.36. The Labute approximate surface area is 160 Å². The summed E-state index contributed by atoms with van der Waals surface area (Å²) in [5, 5.41) is 8.96. The van der Waals surface area contributed by atoms with E-state index in [0.717, 1.165) is 11.1 Å². The van der Waals surface area contributed by atoms with Crippen molar-refractivity contribution in [2.24, 2.45) is 0 Å². The molecule has 0 aliphatic heterocycles. The minimum atomic E-state index is -0.462. The third kappa shape index (κ3) is 3.84. The monoisotopic (exact) mass is 387 g/mol. The van der Waals surface area contributed by atoms with Gasteiger partial charge < -0.3 is 10.7 Å². The number of halogens is 1. The fourth-order valence-corrected chi connectivity index (χ4v) is 3.61. The molecule has 0 spiro atoms. The summed E-state index contributed by atoms with van der Waals surface area (Å²) < 4.78 is 1.40. The molecule has 1 unspecified atom stereocenters. The smallest absolute Gasteiger partial charge is 0.240 e. The van der Waals surface area contributed by atoms with Crippen molar-refractivity contribution in [2.75, 3.05) is 19.9 Å². The Balaban J connectivity index is 1.93. The molecule has 1 heterocycles. The number of nitrogens with zero attached hydrogens (tertiary/aromatic N) is 4. The van der Waals surface area contributed by atoms with Crippen LogP contribution < -0.4 is 5.84 Å². The van der Waals surface area contributed by atoms with Crippen molar-refractivity contribution in [3.05, 3.63) is 65.2 Å². The number of nitrogens with two attached hydrogens (primary N) is 1. The molecule has 0 bridgehead atoms. The van der Waals surface area contributed by atoms with E-state index < -0.39 is 5.25 Å². The molecule has 2 N–H and O–H groups in total. The maximum Gasteiger partial charge on any atom is 0.240 e. The van der Waals surface area contributed by atoms with Crippen molar-refractivity contribution in [3.8, 4) is 11.4 Å². The highest BCUT2D eigenvalue weighted by Gasteiger charge is 2.26. The third-order valence-electron chi connectivity index (χ3n) is 3.76. The summed E-state index contributed by atoms with van der Waals surface area (Å²) >= 11 is 7.20. The Morgan fingerprint density at radius 1 is 1.12 bits per heavy atom. The SMILES string of the molecule is CN(C)C(=O)C(Sc1nnc(-c2ccc(Cl)cc2)n1N)c1ccccc1. The molecule has 3 rings (SSSR count). The zero-order valence-electron chi connectivity index (χ0n) is 14.3. The first-order valence-corrected chi connectivity index (χ1v) is 9.12. The van der Waals surface area contributed by atoms with E-state index in [2.05, 4.69) is 10.2 Å². The average molecular weight is 388 g/mol. The summed E-state index contributed by atoms with van der Waals surface area (Å²) in [5.74, 6) is 6.65. The fraction of sp³-hybridized carbons (Fsp3) is 0.167. The van der Waals surface area contributed by atoms with Crippen LogP contribution in [0.15, 0.2) is 59.8 Å². The molecule has 0 aliphatic carbocycles. The van der Waals surface area contributed by atoms with Gasteiger partial charge in [0.1, 0.15) is 5.25 Å². The maximum absolute atomic E-state index is 12.7. The lowest BCUT2D eigenvalue weighted by Gasteiger charge is -2.20. The van der Waals surface area contributed by atoms with E-state index in [9.17, 15) is 4.79 Å². The topological polar surface area (TPSA) is 77.0 Å². The van der Waals surface area contributed by atoms with Gasteiger partial charge in [-0.25, -0.2) is 4.68 Å². The number of carbonyl (C=O) groups is 1. The Morgan fingerprint density at radius 3 is 2.38 bits per heavy atom. The Kier molecular flexibility index (Phi) is 5.49. The summed E-state index contributed by atoms with van der Waals surface area (Å²) in [6.45, 7) is 0. The van der Waals surface area contributed by atoms with Crippen LogP contribution in [0.1, 0.15) is 10.8 Å². The Hall–Kier alpha value is -2.51. The quantitative estimate of drug-likeness (QED) is 0.537. The number of thioether (sulfide) groups is 1. The maximum atomic E-state index is 12.7. The molecular formula is C18H18ClN5OS. The molecule has 134 valence electrons. The second kappa shape index (κ2) is 7.80. The standard InChI is InChI=1S/C18H18ClN5OS/c1-23(2)17(25)15(12-6-4-3-5-7-12)26-18-22-21-16(24(18)20)13-8-10-14(19)11-9-13/h3-11,15H,20H2,1-2H3. The van der Waals surface area contributed by atoms with Gasteiger partial charge in [-0.3, -0.25) is 4.79 Å². The van der Waals surface area contributed by atoms with Crippen LogP contribution in [0.5, 0.6) is 0 Å². The van der Waals surface area contributed by atoms with E-state index in [-0.39, 0.29) is 5.91 Å². The van der Waals surface area contributed by atoms with Gasteiger partial charge in [0.05, 0.1) is 0 Å². The minimum Gasteiger partial charge on any atom is -0.348 e. The number of rotatable bonds is 5. The van der Waals surface area contributed by atoms with Crippen molar-refractivity contribution in [2.45, 2.75) is 10.4 Å². The highest BCUT2D eigenvalue weighted by atomic mass is 35.5. The summed E-state index contributed by atoms with van der Waals surface area (Å²) in [7, 11) is 3.45. The molecule has 0 fully saturated rings. The molecule has 1 atom stereocenters. The lowest BCUT2D eigenvalue weighted by atomic mass is 10.1. The number of amides is 1. The highest BCUT2D eigenvalue weighted by molar-refractivity contribution is 8.00. The van der Waals surface area contributed by atoms with Gasteiger partial charge in [0.25, 0.3) is 0 Å². The summed E-state index contributed by atoms with van der Waals surface area (Å²) in [6.07, 6.45) is 0. The Morgan fingerprint density at radius 2 is 1.77 bits per heavy atom. The van der Waals surface area contributed by atoms with Crippen molar-refractivity contribution >= 4 is 29.3 Å². The average Bonchev–Trinajstić information content (AvgIpc) is 3.01. The largest absolute Gasteiger partial charge is 0.348 e. The zero-order chi connectivity index (χ0) is 18.7. The second-order valence-corrected chi connectivity index (χ2v) is 7.33. The molecule has 1 aromatic heterocycles. The van der Waals surface area contributed by atoms with Gasteiger partial charge in [-0.15, -0.1) is 10.2 Å². The molecule has 0 saturated heterocycles. The van der Waals surface area contributed by atoms with Gasteiger partial charge >= 0.3 is 0 Å². The zero-order valence-corrected chi connectivity index (χ0v) is 15.9. The van der Waals surface area contributed by atoms with Crippen molar-refractivity contribution in [1.82, 2.24) is 19.8 Å². The van der Waals surface area contributed by atoms with E-state index in [0.29, 0.717) is 16.0 Å². The van der Waals surface area contributed by atoms with Gasteiger partial charge in [-0.1, -0.05) is 53.7 Å². The van der Waals surface area contributed by atoms with Crippen molar-refractivity contribution in [3.63, 3.8) is 0 Å². The van der Waals surface area contributed by atoms with E-state index in [1.54, 1.807) is 31.1 Å². The molecule has 0 radical (unpaired) electrons. The van der Waals surface area contributed by atoms with Crippen LogP contribution in [0.25, 0.3) is 11.4 Å². The van der Waals surface area contributed by atoms with Gasteiger partial charge in [0.15, 0.2) is 5.82 Å². The van der Waals surface area contributed by atoms with E-state index in [4.69, 9.17) is 17.4 Å². The molecule has 8 heteroatoms. The third-order valence-corrected chi connectivity index (χ3v) is 5.21. The summed E-state index contributed by atoms with van der Waals surface area (Å²) in [4.78, 5) is 14.2. The molecule has 2 aromatic carbocycles. The molecule has 0 saturated carbocycles. The number of carbonyl (C=O) groups excluding carboxylic acids is 1. The molecule has 3 aromatic rings. The first-order valence-electron chi connectivity index (χ1n) is 7.86. The first-order chi connectivity index (χ1) is 12.5. The predicted octanol–water partition coefficient (Wildman–Crippen LogP) is 3.23. The van der Waals surface area contributed by atoms with E-state index >= 15 is 0 Å². The van der Waals surface area contributed by atoms with Crippen LogP contribution in [0.4, 0.5) is 0 Å². The number of hydrogen-bond acceptors (Lipinski definition) is 5. The van der Waals surface area contributed by atoms with Crippen LogP contribution in [0, 0.1) is 0 Å². The number of hydrogen-bond donors (Lipinski definition) is 1. The van der Waals surface area contributed by atoms with Gasteiger partial charge in [-0.2, -0.15) is 0 Å². The van der Waals surface area contributed by atoms with Gasteiger partial charge in [0.2, 0.25) is 11.1 Å².